The fourth-order valence-electron chi connectivity index (χ4n) is 1.91. The summed E-state index contributed by atoms with van der Waals surface area (Å²) in [5.41, 5.74) is 0.868. The van der Waals surface area contributed by atoms with Gasteiger partial charge in [-0.2, -0.15) is 0 Å². The molecular weight excluding hydrogens is 250 g/mol. The summed E-state index contributed by atoms with van der Waals surface area (Å²) in [4.78, 5) is 12.4. The molecule has 0 saturated heterocycles. The molecule has 0 radical (unpaired) electrons. The monoisotopic (exact) mass is 275 g/mol. The standard InChI is InChI=1S/C16H25NOSi/c1-5-6-8-13-15(19(2,3)4)16(18)17-14-11-9-7-10-12-14/h7,9-13H,5-6,8H2,1-4H3,(H,17,18)/b15-13-. The second-order valence-corrected chi connectivity index (χ2v) is 10.9. The molecule has 0 unspecified atom stereocenters. The summed E-state index contributed by atoms with van der Waals surface area (Å²) in [5.74, 6) is 0.0708. The number of hydrogen-bond acceptors (Lipinski definition) is 1. The van der Waals surface area contributed by atoms with Crippen LogP contribution in [-0.4, -0.2) is 14.0 Å². The van der Waals surface area contributed by atoms with Gasteiger partial charge >= 0.3 is 0 Å². The van der Waals surface area contributed by atoms with E-state index in [-0.39, 0.29) is 5.91 Å². The predicted octanol–water partition coefficient (Wildman–Crippen LogP) is 4.62. The van der Waals surface area contributed by atoms with Gasteiger partial charge in [-0.05, 0) is 23.7 Å². The number of benzene rings is 1. The van der Waals surface area contributed by atoms with Crippen molar-refractivity contribution in [3.8, 4) is 0 Å². The van der Waals surface area contributed by atoms with Crippen molar-refractivity contribution in [2.45, 2.75) is 45.8 Å². The molecule has 3 heteroatoms. The molecule has 0 bridgehead atoms. The topological polar surface area (TPSA) is 29.1 Å². The van der Waals surface area contributed by atoms with Gasteiger partial charge < -0.3 is 5.32 Å². The Morgan fingerprint density at radius 1 is 1.21 bits per heavy atom. The minimum Gasteiger partial charge on any atom is -0.323 e. The maximum absolute atomic E-state index is 12.4. The zero-order chi connectivity index (χ0) is 14.3. The number of nitrogens with one attached hydrogen (secondary N) is 1. The molecule has 0 saturated carbocycles. The molecule has 19 heavy (non-hydrogen) atoms. The van der Waals surface area contributed by atoms with Gasteiger partial charge in [0.1, 0.15) is 0 Å². The number of unbranched alkanes of at least 4 members (excludes halogenated alkanes) is 2. The lowest BCUT2D eigenvalue weighted by molar-refractivity contribution is -0.112. The van der Waals surface area contributed by atoms with E-state index in [0.717, 1.165) is 30.1 Å². The molecule has 0 fully saturated rings. The third kappa shape index (κ3) is 5.43. The van der Waals surface area contributed by atoms with Gasteiger partial charge in [0.05, 0.1) is 8.07 Å². The summed E-state index contributed by atoms with van der Waals surface area (Å²) in [6, 6.07) is 9.67. The largest absolute Gasteiger partial charge is 0.323 e. The SMILES string of the molecule is CCCC/C=C(/C(=O)Nc1ccccc1)[Si](C)(C)C. The van der Waals surface area contributed by atoms with Crippen molar-refractivity contribution in [1.82, 2.24) is 0 Å². The Labute approximate surface area is 117 Å². The maximum Gasteiger partial charge on any atom is 0.247 e. The van der Waals surface area contributed by atoms with E-state index in [4.69, 9.17) is 0 Å². The zero-order valence-electron chi connectivity index (χ0n) is 12.5. The first-order chi connectivity index (χ1) is 8.95. The fraction of sp³-hybridized carbons (Fsp3) is 0.438. The normalized spacial score (nSPS) is 12.3. The zero-order valence-corrected chi connectivity index (χ0v) is 13.5. The van der Waals surface area contributed by atoms with Crippen molar-refractivity contribution in [2.24, 2.45) is 0 Å². The quantitative estimate of drug-likeness (QED) is 0.458. The predicted molar refractivity (Wildman–Crippen MR) is 86.0 cm³/mol. The first-order valence-corrected chi connectivity index (χ1v) is 10.5. The Morgan fingerprint density at radius 2 is 1.84 bits per heavy atom. The first-order valence-electron chi connectivity index (χ1n) is 7.02. The van der Waals surface area contributed by atoms with E-state index in [1.54, 1.807) is 0 Å². The Morgan fingerprint density at radius 3 is 2.37 bits per heavy atom. The summed E-state index contributed by atoms with van der Waals surface area (Å²) < 4.78 is 0. The van der Waals surface area contributed by atoms with Crippen molar-refractivity contribution in [1.29, 1.82) is 0 Å². The number of allylic oxidation sites excluding steroid dienone is 1. The smallest absolute Gasteiger partial charge is 0.247 e. The molecule has 0 atom stereocenters. The van der Waals surface area contributed by atoms with E-state index in [1.807, 2.05) is 30.3 Å². The second kappa shape index (κ2) is 7.29. The molecule has 0 aromatic heterocycles. The van der Waals surface area contributed by atoms with Crippen LogP contribution in [0.5, 0.6) is 0 Å². The third-order valence-electron chi connectivity index (χ3n) is 2.99. The number of amides is 1. The summed E-state index contributed by atoms with van der Waals surface area (Å²) in [5, 5.41) is 4.01. The molecule has 1 amide bonds. The van der Waals surface area contributed by atoms with Gasteiger partial charge in [-0.1, -0.05) is 63.7 Å². The molecule has 1 aromatic carbocycles. The van der Waals surface area contributed by atoms with Crippen molar-refractivity contribution >= 4 is 19.7 Å². The number of hydrogen-bond donors (Lipinski definition) is 1. The van der Waals surface area contributed by atoms with E-state index in [0.29, 0.717) is 0 Å². The molecule has 0 spiro atoms. The van der Waals surface area contributed by atoms with Crippen LogP contribution in [0.3, 0.4) is 0 Å². The van der Waals surface area contributed by atoms with Crippen molar-refractivity contribution < 1.29 is 4.79 Å². The Bertz CT molecular complexity index is 432. The van der Waals surface area contributed by atoms with E-state index in [1.165, 1.54) is 0 Å². The molecule has 1 aromatic rings. The number of para-hydroxylation sites is 1. The van der Waals surface area contributed by atoms with Gasteiger partial charge in [-0.15, -0.1) is 0 Å². The lowest BCUT2D eigenvalue weighted by Gasteiger charge is -2.20. The van der Waals surface area contributed by atoms with Gasteiger partial charge in [0.25, 0.3) is 0 Å². The third-order valence-corrected chi connectivity index (χ3v) is 5.04. The summed E-state index contributed by atoms with van der Waals surface area (Å²) in [7, 11) is -1.60. The van der Waals surface area contributed by atoms with Crippen LogP contribution >= 0.6 is 0 Å². The van der Waals surface area contributed by atoms with E-state index in [2.05, 4.69) is 38.0 Å². The lowest BCUT2D eigenvalue weighted by atomic mass is 10.2. The lowest BCUT2D eigenvalue weighted by Crippen LogP contribution is -2.33. The van der Waals surface area contributed by atoms with Crippen LogP contribution in [0.2, 0.25) is 19.6 Å². The number of carbonyl (C=O) groups is 1. The molecule has 0 aliphatic rings. The molecule has 0 aliphatic carbocycles. The van der Waals surface area contributed by atoms with Crippen LogP contribution in [0.4, 0.5) is 5.69 Å². The van der Waals surface area contributed by atoms with Gasteiger partial charge in [0, 0.05) is 5.69 Å². The van der Waals surface area contributed by atoms with Crippen molar-refractivity contribution in [3.05, 3.63) is 41.6 Å². The number of carbonyl (C=O) groups excluding carboxylic acids is 1. The van der Waals surface area contributed by atoms with E-state index < -0.39 is 8.07 Å². The molecule has 1 rings (SSSR count). The Hall–Kier alpha value is -1.35. The van der Waals surface area contributed by atoms with E-state index >= 15 is 0 Å². The number of anilines is 1. The first kappa shape index (κ1) is 15.7. The molecule has 104 valence electrons. The van der Waals surface area contributed by atoms with Gasteiger partial charge in [-0.3, -0.25) is 4.79 Å². The second-order valence-electron chi connectivity index (χ2n) is 5.83. The van der Waals surface area contributed by atoms with Crippen LogP contribution in [0.1, 0.15) is 26.2 Å². The van der Waals surface area contributed by atoms with Gasteiger partial charge in [-0.25, -0.2) is 0 Å². The molecule has 2 nitrogen and oxygen atoms in total. The van der Waals surface area contributed by atoms with E-state index in [9.17, 15) is 4.79 Å². The highest BCUT2D eigenvalue weighted by Gasteiger charge is 2.25. The van der Waals surface area contributed by atoms with Crippen molar-refractivity contribution in [3.63, 3.8) is 0 Å². The van der Waals surface area contributed by atoms with Crippen LogP contribution in [-0.2, 0) is 4.79 Å². The van der Waals surface area contributed by atoms with Crippen LogP contribution in [0.15, 0.2) is 41.6 Å². The van der Waals surface area contributed by atoms with Gasteiger partial charge in [0.2, 0.25) is 5.91 Å². The molecule has 0 heterocycles. The maximum atomic E-state index is 12.4. The summed E-state index contributed by atoms with van der Waals surface area (Å²) >= 11 is 0. The van der Waals surface area contributed by atoms with Crippen molar-refractivity contribution in [2.75, 3.05) is 5.32 Å². The Kier molecular flexibility index (Phi) is 6.02. The molecular formula is C16H25NOSi. The average Bonchev–Trinajstić information content (AvgIpc) is 2.34. The molecule has 1 N–H and O–H groups in total. The summed E-state index contributed by atoms with van der Waals surface area (Å²) in [6.45, 7) is 8.83. The Balaban J connectivity index is 2.81. The van der Waals surface area contributed by atoms with Crippen LogP contribution < -0.4 is 5.32 Å². The minimum atomic E-state index is -1.60. The van der Waals surface area contributed by atoms with Crippen LogP contribution in [0.25, 0.3) is 0 Å². The highest BCUT2D eigenvalue weighted by Crippen LogP contribution is 2.18. The highest BCUT2D eigenvalue weighted by atomic mass is 28.3. The average molecular weight is 275 g/mol. The highest BCUT2D eigenvalue weighted by molar-refractivity contribution is 6.87. The summed E-state index contributed by atoms with van der Waals surface area (Å²) in [6.07, 6.45) is 5.45. The minimum absolute atomic E-state index is 0.0708. The van der Waals surface area contributed by atoms with Gasteiger partial charge in [0.15, 0.2) is 0 Å². The van der Waals surface area contributed by atoms with Crippen LogP contribution in [0, 0.1) is 0 Å². The number of rotatable bonds is 6. The molecule has 0 aliphatic heterocycles. The fourth-order valence-corrected chi connectivity index (χ4v) is 3.41.